The van der Waals surface area contributed by atoms with Crippen molar-refractivity contribution in [2.45, 2.75) is 20.3 Å². The Morgan fingerprint density at radius 1 is 1.20 bits per heavy atom. The zero-order valence-corrected chi connectivity index (χ0v) is 23.6. The summed E-state index contributed by atoms with van der Waals surface area (Å²) in [5.41, 5.74) is 7.15. The lowest BCUT2D eigenvalue weighted by atomic mass is 10.2. The number of aliphatic hydroxyl groups is 1. The maximum atomic E-state index is 14.0. The molecule has 0 spiro atoms. The summed E-state index contributed by atoms with van der Waals surface area (Å²) >= 11 is 0. The van der Waals surface area contributed by atoms with Crippen LogP contribution in [0.4, 0.5) is 15.9 Å². The Balaban J connectivity index is 1.53. The Bertz CT molecular complexity index is 1430. The van der Waals surface area contributed by atoms with E-state index in [1.54, 1.807) is 43.8 Å². The highest BCUT2D eigenvalue weighted by Crippen LogP contribution is 2.35. The summed E-state index contributed by atoms with van der Waals surface area (Å²) in [6.07, 6.45) is 5.45. The number of primary amides is 1. The van der Waals surface area contributed by atoms with Gasteiger partial charge in [-0.05, 0) is 24.5 Å². The smallest absolute Gasteiger partial charge is 0.276 e. The van der Waals surface area contributed by atoms with Crippen molar-refractivity contribution in [1.82, 2.24) is 19.5 Å². The number of quaternary nitrogens is 1. The predicted octanol–water partition coefficient (Wildman–Crippen LogP) is 3.24. The number of methoxy groups -OCH3 is 1. The van der Waals surface area contributed by atoms with E-state index < -0.39 is 11.7 Å². The predicted molar refractivity (Wildman–Crippen MR) is 157 cm³/mol. The molecule has 0 aliphatic carbocycles. The van der Waals surface area contributed by atoms with Gasteiger partial charge in [-0.3, -0.25) is 4.79 Å². The Morgan fingerprint density at radius 2 is 2.02 bits per heavy atom. The van der Waals surface area contributed by atoms with Gasteiger partial charge >= 0.3 is 0 Å². The number of carbonyl (C=O) groups is 1. The fourth-order valence-electron chi connectivity index (χ4n) is 4.80. The molecule has 12 heteroatoms. The number of ether oxygens (including phenoxy) is 2. The molecule has 0 radical (unpaired) electrons. The van der Waals surface area contributed by atoms with Crippen LogP contribution in [-0.4, -0.2) is 78.6 Å². The van der Waals surface area contributed by atoms with E-state index in [2.05, 4.69) is 39.1 Å². The first kappa shape index (κ1) is 29.8. The molecule has 3 aromatic rings. The van der Waals surface area contributed by atoms with Gasteiger partial charge in [0.05, 0.1) is 25.8 Å². The maximum Gasteiger partial charge on any atom is 0.276 e. The van der Waals surface area contributed by atoms with Crippen molar-refractivity contribution in [2.24, 2.45) is 16.8 Å². The lowest BCUT2D eigenvalue weighted by Gasteiger charge is -2.23. The second-order valence-electron chi connectivity index (χ2n) is 10.2. The number of benzene rings is 2. The van der Waals surface area contributed by atoms with Crippen molar-refractivity contribution in [1.29, 1.82) is 0 Å². The Labute approximate surface area is 238 Å². The van der Waals surface area contributed by atoms with Crippen molar-refractivity contribution in [3.63, 3.8) is 0 Å². The molecule has 11 nitrogen and oxygen atoms in total. The molecule has 1 aliphatic rings. The van der Waals surface area contributed by atoms with E-state index >= 15 is 0 Å². The van der Waals surface area contributed by atoms with Crippen molar-refractivity contribution < 1.29 is 23.8 Å². The largest absolute Gasteiger partial charge is 0.493 e. The molecule has 4 N–H and O–H groups in total. The average Bonchev–Trinajstić information content (AvgIpc) is 3.33. The molecule has 1 unspecified atom stereocenters. The molecule has 0 saturated carbocycles. The number of allylic oxidation sites excluding steroid dienone is 1. The van der Waals surface area contributed by atoms with Gasteiger partial charge in [0.1, 0.15) is 29.9 Å². The van der Waals surface area contributed by atoms with Gasteiger partial charge in [0, 0.05) is 43.2 Å². The van der Waals surface area contributed by atoms with E-state index in [9.17, 15) is 14.3 Å². The van der Waals surface area contributed by atoms with Crippen LogP contribution in [0, 0.1) is 11.7 Å². The topological polar surface area (TPSA) is 135 Å². The quantitative estimate of drug-likeness (QED) is 0.189. The maximum absolute atomic E-state index is 14.0. The lowest BCUT2D eigenvalue weighted by Crippen LogP contribution is -2.44. The summed E-state index contributed by atoms with van der Waals surface area (Å²) in [6.45, 7) is 7.09. The van der Waals surface area contributed by atoms with Crippen LogP contribution >= 0.6 is 0 Å². The van der Waals surface area contributed by atoms with E-state index in [1.807, 2.05) is 0 Å². The molecule has 2 aromatic carbocycles. The molecular weight excluding hydrogens is 529 g/mol. The Hall–Kier alpha value is -4.13. The van der Waals surface area contributed by atoms with E-state index in [0.29, 0.717) is 58.7 Å². The molecule has 0 saturated heterocycles. The van der Waals surface area contributed by atoms with Crippen molar-refractivity contribution >= 4 is 34.5 Å². The van der Waals surface area contributed by atoms with E-state index in [-0.39, 0.29) is 17.7 Å². The molecule has 0 fully saturated rings. The van der Waals surface area contributed by atoms with Crippen molar-refractivity contribution in [3.05, 3.63) is 60.4 Å². The third kappa shape index (κ3) is 7.54. The minimum atomic E-state index is -0.588. The standard InChI is InChI=1S/C29H36FN7O4/c1-20(2)16-36(9-10-38)8-5-11-41-27-14-25-24(13-26(27)40-3)29(33-19-32-25)35-22-15-34-37(17-22,18-28(31)39)23-7-4-6-21(30)12-23/h4,6-7,12-15,17,19-20,38H,5,8-11,16,18H2,1-3H3,(H2-,31,32,33,35,39)/p+1. The number of carbonyl (C=O) groups excluding carboxylic acids is 1. The molecule has 41 heavy (non-hydrogen) atoms. The van der Waals surface area contributed by atoms with Gasteiger partial charge < -0.3 is 30.5 Å². The minimum Gasteiger partial charge on any atom is -0.493 e. The number of hydrogen-bond donors (Lipinski definition) is 3. The summed E-state index contributed by atoms with van der Waals surface area (Å²) in [7, 11) is 1.57. The van der Waals surface area contributed by atoms with E-state index in [0.717, 1.165) is 19.5 Å². The highest BCUT2D eigenvalue weighted by atomic mass is 19.1. The SMILES string of the molecule is COc1cc2c(NC3=C[N+](CC(N)=O)(c4cccc(F)c4)N=C3)ncnc2cc1OCCCN(CCO)CC(C)C. The van der Waals surface area contributed by atoms with Crippen molar-refractivity contribution in [3.8, 4) is 11.5 Å². The molecule has 2 heterocycles. The summed E-state index contributed by atoms with van der Waals surface area (Å²) in [6, 6.07) is 9.49. The summed E-state index contributed by atoms with van der Waals surface area (Å²) in [4.78, 5) is 22.9. The minimum absolute atomic E-state index is 0.126. The van der Waals surface area contributed by atoms with E-state index in [4.69, 9.17) is 15.2 Å². The number of nitrogens with one attached hydrogen (secondary N) is 1. The van der Waals surface area contributed by atoms with Gasteiger partial charge in [-0.1, -0.05) is 25.0 Å². The monoisotopic (exact) mass is 566 g/mol. The summed E-state index contributed by atoms with van der Waals surface area (Å²) < 4.78 is 25.4. The molecule has 1 aliphatic heterocycles. The average molecular weight is 567 g/mol. The first-order valence-corrected chi connectivity index (χ1v) is 13.5. The first-order valence-electron chi connectivity index (χ1n) is 13.5. The van der Waals surface area contributed by atoms with Crippen LogP contribution in [0.3, 0.4) is 0 Å². The molecule has 4 rings (SSSR count). The fourth-order valence-corrected chi connectivity index (χ4v) is 4.80. The number of aromatic nitrogens is 2. The van der Waals surface area contributed by atoms with Crippen LogP contribution < -0.4 is 25.1 Å². The number of nitrogens with zero attached hydrogens (tertiary/aromatic N) is 5. The number of anilines is 1. The van der Waals surface area contributed by atoms with E-state index in [1.165, 1.54) is 18.5 Å². The molecule has 218 valence electrons. The van der Waals surface area contributed by atoms with Crippen LogP contribution in [0.2, 0.25) is 0 Å². The molecule has 1 atom stereocenters. The number of halogens is 1. The normalized spacial score (nSPS) is 16.4. The highest BCUT2D eigenvalue weighted by molar-refractivity contribution is 5.96. The van der Waals surface area contributed by atoms with Gasteiger partial charge in [-0.2, -0.15) is 0 Å². The van der Waals surface area contributed by atoms with Gasteiger partial charge in [0.2, 0.25) is 0 Å². The third-order valence-corrected chi connectivity index (χ3v) is 6.51. The first-order chi connectivity index (χ1) is 19.7. The zero-order chi connectivity index (χ0) is 29.4. The Morgan fingerprint density at radius 3 is 2.73 bits per heavy atom. The number of rotatable bonds is 15. The Kier molecular flexibility index (Phi) is 9.82. The molecule has 0 bridgehead atoms. The highest BCUT2D eigenvalue weighted by Gasteiger charge is 2.36. The molecule has 1 amide bonds. The van der Waals surface area contributed by atoms with Gasteiger partial charge in [0.15, 0.2) is 29.9 Å². The number of hydrogen-bond acceptors (Lipinski definition) is 9. The second-order valence-corrected chi connectivity index (χ2v) is 10.2. The van der Waals surface area contributed by atoms with Crippen LogP contribution in [0.25, 0.3) is 10.9 Å². The lowest BCUT2D eigenvalue weighted by molar-refractivity contribution is -0.118. The van der Waals surface area contributed by atoms with Gasteiger partial charge in [-0.15, -0.1) is 4.59 Å². The van der Waals surface area contributed by atoms with Gasteiger partial charge in [0.25, 0.3) is 5.91 Å². The number of fused-ring (bicyclic) bond motifs is 1. The molecule has 1 aromatic heterocycles. The molecular formula is C29H37FN7O4+. The number of nitrogens with two attached hydrogens (primary N) is 1. The van der Waals surface area contributed by atoms with Crippen LogP contribution in [-0.2, 0) is 4.79 Å². The summed E-state index contributed by atoms with van der Waals surface area (Å²) in [5.74, 6) is 1.06. The van der Waals surface area contributed by atoms with Crippen LogP contribution in [0.15, 0.2) is 59.7 Å². The number of aliphatic hydroxyl groups excluding tert-OH is 1. The fraction of sp³-hybridized carbons (Fsp3) is 0.379. The summed E-state index contributed by atoms with van der Waals surface area (Å²) in [5, 5.41) is 17.7. The number of amides is 1. The van der Waals surface area contributed by atoms with Crippen LogP contribution in [0.1, 0.15) is 20.3 Å². The second kappa shape index (κ2) is 13.5. The van der Waals surface area contributed by atoms with Crippen LogP contribution in [0.5, 0.6) is 11.5 Å². The van der Waals surface area contributed by atoms with Gasteiger partial charge in [-0.25, -0.2) is 14.4 Å². The third-order valence-electron chi connectivity index (χ3n) is 6.51. The van der Waals surface area contributed by atoms with Crippen molar-refractivity contribution in [2.75, 3.05) is 51.8 Å². The zero-order valence-electron chi connectivity index (χ0n) is 23.6.